The second kappa shape index (κ2) is 7.07. The minimum absolute atomic E-state index is 0.129. The Hall–Kier alpha value is -2.31. The first-order valence-electron chi connectivity index (χ1n) is 7.16. The zero-order valence-corrected chi connectivity index (χ0v) is 14.4. The van der Waals surface area contributed by atoms with Crippen LogP contribution in [0.25, 0.3) is 0 Å². The molecule has 0 unspecified atom stereocenters. The van der Waals surface area contributed by atoms with Crippen LogP contribution in [-0.2, 0) is 6.54 Å². The van der Waals surface area contributed by atoms with Crippen LogP contribution < -0.4 is 10.3 Å². The van der Waals surface area contributed by atoms with Crippen LogP contribution in [0.2, 0.25) is 5.02 Å². The number of benzene rings is 2. The second-order valence-electron chi connectivity index (χ2n) is 5.02. The Labute approximate surface area is 147 Å². The van der Waals surface area contributed by atoms with Crippen molar-refractivity contribution in [1.82, 2.24) is 9.78 Å². The molecule has 0 spiro atoms. The number of methoxy groups -OCH3 is 1. The van der Waals surface area contributed by atoms with E-state index in [9.17, 15) is 9.90 Å². The number of ether oxygens (including phenoxy) is 1. The van der Waals surface area contributed by atoms with Crippen LogP contribution in [-0.4, -0.2) is 22.0 Å². The summed E-state index contributed by atoms with van der Waals surface area (Å²) < 4.78 is 6.68. The van der Waals surface area contributed by atoms with Crippen molar-refractivity contribution in [2.75, 3.05) is 7.11 Å². The number of hydrogen-bond donors (Lipinski definition) is 2. The number of halogens is 1. The quantitative estimate of drug-likeness (QED) is 0.725. The fourth-order valence-electron chi connectivity index (χ4n) is 2.30. The van der Waals surface area contributed by atoms with Gasteiger partial charge in [0.25, 0.3) is 5.56 Å². The Balaban J connectivity index is 1.92. The summed E-state index contributed by atoms with van der Waals surface area (Å²) in [5.41, 5.74) is 0.475. The van der Waals surface area contributed by atoms with Crippen LogP contribution in [0.3, 0.4) is 0 Å². The van der Waals surface area contributed by atoms with Crippen molar-refractivity contribution in [2.24, 2.45) is 0 Å². The van der Waals surface area contributed by atoms with Gasteiger partial charge >= 0.3 is 0 Å². The highest BCUT2D eigenvalue weighted by Crippen LogP contribution is 2.35. The molecule has 0 saturated carbocycles. The van der Waals surface area contributed by atoms with Crippen LogP contribution in [0.1, 0.15) is 5.56 Å². The van der Waals surface area contributed by atoms with Gasteiger partial charge in [-0.25, -0.2) is 4.68 Å². The van der Waals surface area contributed by atoms with Crippen molar-refractivity contribution in [2.45, 2.75) is 16.3 Å². The van der Waals surface area contributed by atoms with Crippen LogP contribution in [0.15, 0.2) is 63.1 Å². The minimum Gasteiger partial charge on any atom is -0.496 e. The summed E-state index contributed by atoms with van der Waals surface area (Å²) in [6, 6.07) is 14.6. The van der Waals surface area contributed by atoms with E-state index in [1.165, 1.54) is 4.68 Å². The van der Waals surface area contributed by atoms with Gasteiger partial charge in [0.2, 0.25) is 5.88 Å². The topological polar surface area (TPSA) is 67.2 Å². The Bertz CT molecular complexity index is 920. The smallest absolute Gasteiger partial charge is 0.282 e. The van der Waals surface area contributed by atoms with Gasteiger partial charge in [0, 0.05) is 10.5 Å². The molecule has 5 nitrogen and oxygen atoms in total. The predicted octanol–water partition coefficient (Wildman–Crippen LogP) is 3.74. The van der Waals surface area contributed by atoms with Crippen molar-refractivity contribution >= 4 is 23.4 Å². The predicted molar refractivity (Wildman–Crippen MR) is 94.4 cm³/mol. The largest absolute Gasteiger partial charge is 0.496 e. The molecule has 0 aliphatic heterocycles. The molecule has 0 bridgehead atoms. The van der Waals surface area contributed by atoms with Gasteiger partial charge in [-0.05, 0) is 18.2 Å². The lowest BCUT2D eigenvalue weighted by molar-refractivity contribution is 0.388. The molecule has 2 aromatic carbocycles. The van der Waals surface area contributed by atoms with E-state index in [0.29, 0.717) is 15.7 Å². The van der Waals surface area contributed by atoms with Crippen molar-refractivity contribution < 1.29 is 9.84 Å². The molecule has 24 heavy (non-hydrogen) atoms. The molecule has 0 atom stereocenters. The summed E-state index contributed by atoms with van der Waals surface area (Å²) in [4.78, 5) is 13.1. The molecular weight excluding hydrogens is 348 g/mol. The van der Waals surface area contributed by atoms with E-state index < -0.39 is 0 Å². The number of rotatable bonds is 5. The molecular formula is C17H15ClN2O3S. The zero-order chi connectivity index (χ0) is 17.1. The Kier molecular flexibility index (Phi) is 4.87. The molecule has 7 heteroatoms. The third-order valence-electron chi connectivity index (χ3n) is 3.47. The maximum atomic E-state index is 12.2. The first-order valence-corrected chi connectivity index (χ1v) is 8.35. The van der Waals surface area contributed by atoms with Crippen LogP contribution in [0.5, 0.6) is 11.6 Å². The summed E-state index contributed by atoms with van der Waals surface area (Å²) in [6.45, 7) is 0.286. The zero-order valence-electron chi connectivity index (χ0n) is 12.8. The number of hydrogen-bond acceptors (Lipinski definition) is 4. The average Bonchev–Trinajstić information content (AvgIpc) is 2.85. The van der Waals surface area contributed by atoms with Crippen molar-refractivity contribution in [3.05, 3.63) is 69.5 Å². The Morgan fingerprint density at radius 3 is 2.67 bits per heavy atom. The summed E-state index contributed by atoms with van der Waals surface area (Å²) in [7, 11) is 1.58. The number of para-hydroxylation sites is 1. The Morgan fingerprint density at radius 1 is 1.21 bits per heavy atom. The van der Waals surface area contributed by atoms with Crippen LogP contribution in [0.4, 0.5) is 0 Å². The van der Waals surface area contributed by atoms with E-state index >= 15 is 0 Å². The SMILES string of the molecule is COc1ccccc1Cn1[nH]c(=O)c(Sc2ccccc2Cl)c1O. The van der Waals surface area contributed by atoms with Gasteiger partial charge in [0.1, 0.15) is 10.6 Å². The average molecular weight is 363 g/mol. The third kappa shape index (κ3) is 3.29. The van der Waals surface area contributed by atoms with Gasteiger partial charge < -0.3 is 9.84 Å². The normalized spacial score (nSPS) is 10.8. The minimum atomic E-state index is -0.368. The molecule has 3 rings (SSSR count). The highest BCUT2D eigenvalue weighted by atomic mass is 35.5. The lowest BCUT2D eigenvalue weighted by atomic mass is 10.2. The van der Waals surface area contributed by atoms with Crippen LogP contribution >= 0.6 is 23.4 Å². The van der Waals surface area contributed by atoms with Crippen molar-refractivity contribution in [3.8, 4) is 11.6 Å². The standard InChI is InChI=1S/C17H15ClN2O3S/c1-23-13-8-4-2-6-11(13)10-20-17(22)15(16(21)19-20)24-14-9-5-3-7-12(14)18/h2-9,22H,10H2,1H3,(H,19,21). The molecule has 1 heterocycles. The first-order chi connectivity index (χ1) is 11.6. The number of aromatic nitrogens is 2. The summed E-state index contributed by atoms with van der Waals surface area (Å²) in [5, 5.41) is 13.6. The van der Waals surface area contributed by atoms with Gasteiger partial charge in [-0.2, -0.15) is 0 Å². The second-order valence-corrected chi connectivity index (χ2v) is 6.48. The highest BCUT2D eigenvalue weighted by molar-refractivity contribution is 7.99. The number of nitrogens with one attached hydrogen (secondary N) is 1. The lowest BCUT2D eigenvalue weighted by Crippen LogP contribution is -2.08. The third-order valence-corrected chi connectivity index (χ3v) is 5.06. The maximum Gasteiger partial charge on any atom is 0.282 e. The van der Waals surface area contributed by atoms with E-state index in [-0.39, 0.29) is 22.9 Å². The first kappa shape index (κ1) is 16.5. The molecule has 0 amide bonds. The maximum absolute atomic E-state index is 12.2. The van der Waals surface area contributed by atoms with Crippen molar-refractivity contribution in [3.63, 3.8) is 0 Å². The monoisotopic (exact) mass is 362 g/mol. The van der Waals surface area contributed by atoms with E-state index in [1.54, 1.807) is 19.2 Å². The molecule has 124 valence electrons. The molecule has 0 fully saturated rings. The Morgan fingerprint density at radius 2 is 1.92 bits per heavy atom. The van der Waals surface area contributed by atoms with E-state index in [1.807, 2.05) is 36.4 Å². The van der Waals surface area contributed by atoms with E-state index in [2.05, 4.69) is 5.10 Å². The number of H-pyrrole nitrogens is 1. The number of nitrogens with zero attached hydrogens (tertiary/aromatic N) is 1. The van der Waals surface area contributed by atoms with Gasteiger partial charge in [0.15, 0.2) is 0 Å². The lowest BCUT2D eigenvalue weighted by Gasteiger charge is -2.09. The van der Waals surface area contributed by atoms with Gasteiger partial charge in [-0.3, -0.25) is 9.89 Å². The molecule has 0 aliphatic rings. The van der Waals surface area contributed by atoms with Gasteiger partial charge in [0.05, 0.1) is 18.7 Å². The molecule has 1 aromatic heterocycles. The fraction of sp³-hybridized carbons (Fsp3) is 0.118. The van der Waals surface area contributed by atoms with Crippen molar-refractivity contribution in [1.29, 1.82) is 0 Å². The number of aromatic amines is 1. The molecule has 0 saturated heterocycles. The molecule has 0 radical (unpaired) electrons. The summed E-state index contributed by atoms with van der Waals surface area (Å²) in [6.07, 6.45) is 0. The van der Waals surface area contributed by atoms with E-state index in [0.717, 1.165) is 17.3 Å². The highest BCUT2D eigenvalue weighted by Gasteiger charge is 2.17. The molecule has 0 aliphatic carbocycles. The summed E-state index contributed by atoms with van der Waals surface area (Å²) >= 11 is 7.25. The fourth-order valence-corrected chi connectivity index (χ4v) is 3.42. The van der Waals surface area contributed by atoms with Gasteiger partial charge in [-0.1, -0.05) is 53.7 Å². The number of aromatic hydroxyl groups is 1. The summed E-state index contributed by atoms with van der Waals surface area (Å²) in [5.74, 6) is 0.558. The molecule has 2 N–H and O–H groups in total. The van der Waals surface area contributed by atoms with Gasteiger partial charge in [-0.15, -0.1) is 0 Å². The van der Waals surface area contributed by atoms with Crippen LogP contribution in [0, 0.1) is 0 Å². The van der Waals surface area contributed by atoms with E-state index in [4.69, 9.17) is 16.3 Å². The molecule has 3 aromatic rings.